The van der Waals surface area contributed by atoms with Gasteiger partial charge in [0.05, 0.1) is 17.8 Å². The Balaban J connectivity index is 2.25. The first-order valence-corrected chi connectivity index (χ1v) is 7.83. The number of halogens is 2. The highest BCUT2D eigenvalue weighted by atomic mass is 79.9. The standard InChI is InChI=1S/C16H17BrClNO/c1-19(11-12-5-3-7-14(9-12)20-2)16-13(10-17)6-4-8-15(16)18/h3-9H,10-11H2,1-2H3. The molecular weight excluding hydrogens is 338 g/mol. The highest BCUT2D eigenvalue weighted by molar-refractivity contribution is 9.08. The Bertz CT molecular complexity index is 588. The molecule has 0 aromatic heterocycles. The molecule has 0 atom stereocenters. The first kappa shape index (κ1) is 15.2. The SMILES string of the molecule is COc1cccc(CN(C)c2c(Cl)cccc2CBr)c1. The molecule has 0 heterocycles. The van der Waals surface area contributed by atoms with Gasteiger partial charge in [-0.3, -0.25) is 0 Å². The zero-order valence-corrected chi connectivity index (χ0v) is 13.9. The van der Waals surface area contributed by atoms with Gasteiger partial charge in [0, 0.05) is 18.9 Å². The smallest absolute Gasteiger partial charge is 0.119 e. The second-order valence-electron chi connectivity index (χ2n) is 4.59. The van der Waals surface area contributed by atoms with Gasteiger partial charge in [0.1, 0.15) is 5.75 Å². The number of rotatable bonds is 5. The van der Waals surface area contributed by atoms with Gasteiger partial charge in [-0.1, -0.05) is 51.8 Å². The van der Waals surface area contributed by atoms with Crippen LogP contribution in [0.4, 0.5) is 5.69 Å². The molecule has 2 rings (SSSR count). The number of ether oxygens (including phenoxy) is 1. The van der Waals surface area contributed by atoms with Crippen LogP contribution in [0, 0.1) is 0 Å². The van der Waals surface area contributed by atoms with Crippen LogP contribution in [0.1, 0.15) is 11.1 Å². The lowest BCUT2D eigenvalue weighted by Gasteiger charge is -2.23. The van der Waals surface area contributed by atoms with Crippen molar-refractivity contribution in [3.63, 3.8) is 0 Å². The highest BCUT2D eigenvalue weighted by Crippen LogP contribution is 2.31. The van der Waals surface area contributed by atoms with E-state index in [2.05, 4.69) is 33.0 Å². The van der Waals surface area contributed by atoms with E-state index in [-0.39, 0.29) is 0 Å². The van der Waals surface area contributed by atoms with Crippen molar-refractivity contribution in [3.8, 4) is 5.75 Å². The van der Waals surface area contributed by atoms with E-state index in [1.165, 1.54) is 11.1 Å². The lowest BCUT2D eigenvalue weighted by Crippen LogP contribution is -2.18. The van der Waals surface area contributed by atoms with Gasteiger partial charge < -0.3 is 9.64 Å². The Kier molecular flexibility index (Phi) is 5.32. The topological polar surface area (TPSA) is 12.5 Å². The minimum absolute atomic E-state index is 0.771. The summed E-state index contributed by atoms with van der Waals surface area (Å²) >= 11 is 9.85. The Morgan fingerprint density at radius 3 is 2.65 bits per heavy atom. The van der Waals surface area contributed by atoms with Gasteiger partial charge in [0.15, 0.2) is 0 Å². The van der Waals surface area contributed by atoms with Crippen LogP contribution in [0.15, 0.2) is 42.5 Å². The van der Waals surface area contributed by atoms with E-state index in [1.807, 2.05) is 37.4 Å². The van der Waals surface area contributed by atoms with Crippen molar-refractivity contribution in [1.29, 1.82) is 0 Å². The summed E-state index contributed by atoms with van der Waals surface area (Å²) in [7, 11) is 3.73. The lowest BCUT2D eigenvalue weighted by atomic mass is 10.1. The van der Waals surface area contributed by atoms with Gasteiger partial charge in [0.2, 0.25) is 0 Å². The number of benzene rings is 2. The number of anilines is 1. The Labute approximate surface area is 133 Å². The molecule has 0 aliphatic carbocycles. The number of hydrogen-bond donors (Lipinski definition) is 0. The van der Waals surface area contributed by atoms with Crippen LogP contribution in [-0.4, -0.2) is 14.2 Å². The minimum Gasteiger partial charge on any atom is -0.497 e. The summed E-state index contributed by atoms with van der Waals surface area (Å²) in [4.78, 5) is 2.16. The molecule has 0 spiro atoms. The molecule has 0 saturated heterocycles. The summed E-state index contributed by atoms with van der Waals surface area (Å²) < 4.78 is 5.26. The summed E-state index contributed by atoms with van der Waals surface area (Å²) in [6.07, 6.45) is 0. The monoisotopic (exact) mass is 353 g/mol. The molecule has 0 fully saturated rings. The summed E-state index contributed by atoms with van der Waals surface area (Å²) in [5.41, 5.74) is 3.43. The lowest BCUT2D eigenvalue weighted by molar-refractivity contribution is 0.414. The Morgan fingerprint density at radius 1 is 1.20 bits per heavy atom. The zero-order chi connectivity index (χ0) is 14.5. The average Bonchev–Trinajstić information content (AvgIpc) is 2.46. The molecule has 106 valence electrons. The van der Waals surface area contributed by atoms with Crippen molar-refractivity contribution in [2.75, 3.05) is 19.1 Å². The third-order valence-corrected chi connectivity index (χ3v) is 4.06. The van der Waals surface area contributed by atoms with Crippen LogP contribution in [0.25, 0.3) is 0 Å². The molecule has 0 N–H and O–H groups in total. The fourth-order valence-electron chi connectivity index (χ4n) is 2.22. The van der Waals surface area contributed by atoms with E-state index in [9.17, 15) is 0 Å². The van der Waals surface area contributed by atoms with Crippen molar-refractivity contribution in [3.05, 3.63) is 58.6 Å². The zero-order valence-electron chi connectivity index (χ0n) is 11.6. The Hall–Kier alpha value is -1.19. The molecule has 2 aromatic rings. The molecule has 0 bridgehead atoms. The van der Waals surface area contributed by atoms with Crippen molar-refractivity contribution in [2.24, 2.45) is 0 Å². The van der Waals surface area contributed by atoms with Gasteiger partial charge in [-0.25, -0.2) is 0 Å². The maximum absolute atomic E-state index is 6.34. The number of para-hydroxylation sites is 1. The van der Waals surface area contributed by atoms with Gasteiger partial charge in [-0.15, -0.1) is 0 Å². The van der Waals surface area contributed by atoms with Gasteiger partial charge >= 0.3 is 0 Å². The third-order valence-electron chi connectivity index (χ3n) is 3.15. The van der Waals surface area contributed by atoms with Crippen LogP contribution in [0.5, 0.6) is 5.75 Å². The molecular formula is C16H17BrClNO. The summed E-state index contributed by atoms with van der Waals surface area (Å²) in [6, 6.07) is 14.1. The first-order chi connectivity index (χ1) is 9.65. The van der Waals surface area contributed by atoms with Crippen LogP contribution in [0.2, 0.25) is 5.02 Å². The number of methoxy groups -OCH3 is 1. The van der Waals surface area contributed by atoms with E-state index in [1.54, 1.807) is 7.11 Å². The molecule has 20 heavy (non-hydrogen) atoms. The molecule has 0 aliphatic heterocycles. The maximum Gasteiger partial charge on any atom is 0.119 e. The predicted molar refractivity (Wildman–Crippen MR) is 89.2 cm³/mol. The fraction of sp³-hybridized carbons (Fsp3) is 0.250. The summed E-state index contributed by atoms with van der Waals surface area (Å²) in [6.45, 7) is 0.779. The molecule has 0 aliphatic rings. The van der Waals surface area contributed by atoms with Crippen LogP contribution < -0.4 is 9.64 Å². The van der Waals surface area contributed by atoms with Crippen molar-refractivity contribution < 1.29 is 4.74 Å². The van der Waals surface area contributed by atoms with Crippen LogP contribution >= 0.6 is 27.5 Å². The van der Waals surface area contributed by atoms with Crippen molar-refractivity contribution in [2.45, 2.75) is 11.9 Å². The number of alkyl halides is 1. The van der Waals surface area contributed by atoms with Gasteiger partial charge in [-0.05, 0) is 29.3 Å². The number of nitrogens with zero attached hydrogens (tertiary/aromatic N) is 1. The maximum atomic E-state index is 6.34. The third kappa shape index (κ3) is 3.47. The largest absolute Gasteiger partial charge is 0.497 e. The van der Waals surface area contributed by atoms with Crippen molar-refractivity contribution >= 4 is 33.2 Å². The molecule has 0 unspecified atom stereocenters. The van der Waals surface area contributed by atoms with E-state index in [0.29, 0.717) is 0 Å². The molecule has 0 amide bonds. The second kappa shape index (κ2) is 7.00. The summed E-state index contributed by atoms with van der Waals surface area (Å²) in [5, 5.41) is 1.55. The van der Waals surface area contributed by atoms with Gasteiger partial charge in [-0.2, -0.15) is 0 Å². The average molecular weight is 355 g/mol. The predicted octanol–water partition coefficient (Wildman–Crippen LogP) is 4.88. The fourth-order valence-corrected chi connectivity index (χ4v) is 3.01. The van der Waals surface area contributed by atoms with E-state index in [0.717, 1.165) is 28.3 Å². The molecule has 2 nitrogen and oxygen atoms in total. The molecule has 0 radical (unpaired) electrons. The van der Waals surface area contributed by atoms with E-state index < -0.39 is 0 Å². The van der Waals surface area contributed by atoms with Crippen molar-refractivity contribution in [1.82, 2.24) is 0 Å². The molecule has 2 aromatic carbocycles. The minimum atomic E-state index is 0.771. The highest BCUT2D eigenvalue weighted by Gasteiger charge is 2.11. The quantitative estimate of drug-likeness (QED) is 0.710. The molecule has 4 heteroatoms. The normalized spacial score (nSPS) is 10.4. The first-order valence-electron chi connectivity index (χ1n) is 6.33. The van der Waals surface area contributed by atoms with Crippen LogP contribution in [0.3, 0.4) is 0 Å². The van der Waals surface area contributed by atoms with Gasteiger partial charge in [0.25, 0.3) is 0 Å². The van der Waals surface area contributed by atoms with E-state index >= 15 is 0 Å². The van der Waals surface area contributed by atoms with E-state index in [4.69, 9.17) is 16.3 Å². The molecule has 0 saturated carbocycles. The Morgan fingerprint density at radius 2 is 1.95 bits per heavy atom. The second-order valence-corrected chi connectivity index (χ2v) is 5.56. The number of hydrogen-bond acceptors (Lipinski definition) is 2. The van der Waals surface area contributed by atoms with Crippen LogP contribution in [-0.2, 0) is 11.9 Å². The summed E-state index contributed by atoms with van der Waals surface area (Å²) in [5.74, 6) is 0.871.